The van der Waals surface area contributed by atoms with E-state index in [4.69, 9.17) is 23.8 Å². The SMILES string of the molecule is CN(C)CCCN1C(=S)N[C@H](c2ccccn2)[C@@H]1c1cccn1-c1ccc(Cl)cn1. The van der Waals surface area contributed by atoms with Crippen molar-refractivity contribution in [1.82, 2.24) is 29.7 Å². The van der Waals surface area contributed by atoms with Crippen LogP contribution in [0.15, 0.2) is 61.1 Å². The summed E-state index contributed by atoms with van der Waals surface area (Å²) >= 11 is 11.8. The fraction of sp³-hybridized carbons (Fsp3) is 0.318. The van der Waals surface area contributed by atoms with Gasteiger partial charge in [0.05, 0.1) is 22.8 Å². The molecule has 0 bridgehead atoms. The number of nitrogens with one attached hydrogen (secondary N) is 1. The Labute approximate surface area is 187 Å². The van der Waals surface area contributed by atoms with Crippen molar-refractivity contribution in [1.29, 1.82) is 0 Å². The maximum Gasteiger partial charge on any atom is 0.170 e. The van der Waals surface area contributed by atoms with Gasteiger partial charge in [-0.05, 0) is 75.7 Å². The van der Waals surface area contributed by atoms with Crippen molar-refractivity contribution in [2.45, 2.75) is 18.5 Å². The molecule has 0 radical (unpaired) electrons. The minimum atomic E-state index is -0.0426. The molecule has 1 aliphatic rings. The van der Waals surface area contributed by atoms with Gasteiger partial charge in [-0.25, -0.2) is 4.98 Å². The molecule has 0 unspecified atom stereocenters. The Morgan fingerprint density at radius 3 is 2.70 bits per heavy atom. The Morgan fingerprint density at radius 1 is 1.13 bits per heavy atom. The molecular weight excluding hydrogens is 416 g/mol. The van der Waals surface area contributed by atoms with Crippen LogP contribution in [0.5, 0.6) is 0 Å². The van der Waals surface area contributed by atoms with Crippen LogP contribution in [0.25, 0.3) is 5.82 Å². The van der Waals surface area contributed by atoms with E-state index in [2.05, 4.69) is 49.8 Å². The monoisotopic (exact) mass is 440 g/mol. The highest BCUT2D eigenvalue weighted by atomic mass is 35.5. The minimum absolute atomic E-state index is 0.00189. The van der Waals surface area contributed by atoms with Gasteiger partial charge in [-0.1, -0.05) is 17.7 Å². The summed E-state index contributed by atoms with van der Waals surface area (Å²) in [6, 6.07) is 13.9. The summed E-state index contributed by atoms with van der Waals surface area (Å²) in [4.78, 5) is 13.6. The van der Waals surface area contributed by atoms with Gasteiger partial charge in [-0.3, -0.25) is 4.98 Å². The van der Waals surface area contributed by atoms with Crippen LogP contribution >= 0.6 is 23.8 Å². The molecule has 2 atom stereocenters. The predicted octanol–water partition coefficient (Wildman–Crippen LogP) is 3.84. The molecular formula is C22H25ClN6S. The number of aromatic nitrogens is 3. The first-order valence-corrected chi connectivity index (χ1v) is 10.7. The fourth-order valence-electron chi connectivity index (χ4n) is 3.88. The molecule has 4 heterocycles. The highest BCUT2D eigenvalue weighted by Crippen LogP contribution is 2.39. The summed E-state index contributed by atoms with van der Waals surface area (Å²) in [7, 11) is 4.18. The average Bonchev–Trinajstić information content (AvgIpc) is 3.34. The van der Waals surface area contributed by atoms with E-state index in [0.717, 1.165) is 41.8 Å². The third-order valence-electron chi connectivity index (χ3n) is 5.24. The lowest BCUT2D eigenvalue weighted by atomic mass is 10.0. The maximum absolute atomic E-state index is 6.05. The van der Waals surface area contributed by atoms with E-state index >= 15 is 0 Å². The van der Waals surface area contributed by atoms with E-state index in [9.17, 15) is 0 Å². The van der Waals surface area contributed by atoms with Gasteiger partial charge in [0.1, 0.15) is 5.82 Å². The third kappa shape index (κ3) is 4.33. The first-order chi connectivity index (χ1) is 14.5. The van der Waals surface area contributed by atoms with E-state index in [1.165, 1.54) is 0 Å². The number of nitrogens with zero attached hydrogens (tertiary/aromatic N) is 5. The number of thiocarbonyl (C=S) groups is 1. The Hall–Kier alpha value is -2.48. The van der Waals surface area contributed by atoms with Gasteiger partial charge in [-0.2, -0.15) is 0 Å². The van der Waals surface area contributed by atoms with Crippen LogP contribution in [-0.4, -0.2) is 56.6 Å². The van der Waals surface area contributed by atoms with Gasteiger partial charge in [0.2, 0.25) is 0 Å². The van der Waals surface area contributed by atoms with E-state index < -0.39 is 0 Å². The summed E-state index contributed by atoms with van der Waals surface area (Å²) < 4.78 is 2.10. The van der Waals surface area contributed by atoms with Gasteiger partial charge in [-0.15, -0.1) is 0 Å². The van der Waals surface area contributed by atoms with Crippen molar-refractivity contribution >= 4 is 28.9 Å². The van der Waals surface area contributed by atoms with Crippen molar-refractivity contribution in [2.24, 2.45) is 0 Å². The zero-order valence-electron chi connectivity index (χ0n) is 17.1. The second-order valence-corrected chi connectivity index (χ2v) is 8.44. The number of rotatable bonds is 7. The van der Waals surface area contributed by atoms with Crippen molar-refractivity contribution < 1.29 is 0 Å². The lowest BCUT2D eigenvalue weighted by Gasteiger charge is -2.29. The Bertz CT molecular complexity index is 988. The summed E-state index contributed by atoms with van der Waals surface area (Å²) in [5.41, 5.74) is 2.08. The number of halogens is 1. The van der Waals surface area contributed by atoms with Crippen molar-refractivity contribution in [3.05, 3.63) is 77.5 Å². The minimum Gasteiger partial charge on any atom is -0.352 e. The molecule has 3 aromatic heterocycles. The molecule has 30 heavy (non-hydrogen) atoms. The Kier molecular flexibility index (Phi) is 6.32. The molecule has 3 aromatic rings. The normalized spacial score (nSPS) is 18.8. The molecule has 6 nitrogen and oxygen atoms in total. The zero-order chi connectivity index (χ0) is 21.1. The highest BCUT2D eigenvalue weighted by Gasteiger charge is 2.41. The fourth-order valence-corrected chi connectivity index (χ4v) is 4.32. The zero-order valence-corrected chi connectivity index (χ0v) is 18.6. The summed E-state index contributed by atoms with van der Waals surface area (Å²) in [6.45, 7) is 1.86. The summed E-state index contributed by atoms with van der Waals surface area (Å²) in [5, 5.41) is 4.89. The first kappa shape index (κ1) is 20.8. The van der Waals surface area contributed by atoms with Gasteiger partial charge in [0.15, 0.2) is 5.11 Å². The first-order valence-electron chi connectivity index (χ1n) is 9.96. The second kappa shape index (κ2) is 9.12. The molecule has 156 valence electrons. The van der Waals surface area contributed by atoms with Crippen molar-refractivity contribution in [3.8, 4) is 5.82 Å². The molecule has 0 aliphatic carbocycles. The van der Waals surface area contributed by atoms with Crippen molar-refractivity contribution in [3.63, 3.8) is 0 Å². The molecule has 0 spiro atoms. The molecule has 0 amide bonds. The summed E-state index contributed by atoms with van der Waals surface area (Å²) in [5.74, 6) is 0.824. The average molecular weight is 441 g/mol. The topological polar surface area (TPSA) is 49.2 Å². The van der Waals surface area contributed by atoms with Gasteiger partial charge < -0.3 is 19.7 Å². The van der Waals surface area contributed by atoms with E-state index in [1.54, 1.807) is 6.20 Å². The largest absolute Gasteiger partial charge is 0.352 e. The van der Waals surface area contributed by atoms with Crippen LogP contribution < -0.4 is 5.32 Å². The van der Waals surface area contributed by atoms with Gasteiger partial charge in [0, 0.05) is 30.8 Å². The van der Waals surface area contributed by atoms with E-state index in [1.807, 2.05) is 48.8 Å². The molecule has 0 aromatic carbocycles. The van der Waals surface area contributed by atoms with Crippen molar-refractivity contribution in [2.75, 3.05) is 27.2 Å². The third-order valence-corrected chi connectivity index (χ3v) is 5.82. The number of pyridine rings is 2. The van der Waals surface area contributed by atoms with Crippen LogP contribution in [0.2, 0.25) is 5.02 Å². The van der Waals surface area contributed by atoms with Crippen LogP contribution in [0.3, 0.4) is 0 Å². The predicted molar refractivity (Wildman–Crippen MR) is 124 cm³/mol. The molecule has 8 heteroatoms. The molecule has 1 N–H and O–H groups in total. The molecule has 1 saturated heterocycles. The summed E-state index contributed by atoms with van der Waals surface area (Å²) in [6.07, 6.45) is 6.54. The lowest BCUT2D eigenvalue weighted by molar-refractivity contribution is 0.286. The van der Waals surface area contributed by atoms with Crippen LogP contribution in [0, 0.1) is 0 Å². The van der Waals surface area contributed by atoms with E-state index in [0.29, 0.717) is 5.02 Å². The number of hydrogen-bond donors (Lipinski definition) is 1. The highest BCUT2D eigenvalue weighted by molar-refractivity contribution is 7.80. The molecule has 0 saturated carbocycles. The van der Waals surface area contributed by atoms with Crippen LogP contribution in [-0.2, 0) is 0 Å². The van der Waals surface area contributed by atoms with Crippen LogP contribution in [0.4, 0.5) is 0 Å². The standard InChI is InChI=1S/C22H25ClN6S/c1-27(2)12-6-14-29-21(20(26-22(29)30)17-7-3-4-11-24-17)18-8-5-13-28(18)19-10-9-16(23)15-25-19/h3-5,7-11,13,15,20-21H,6,12,14H2,1-2H3,(H,26,30)/t20-,21+/m1/s1. The quantitative estimate of drug-likeness (QED) is 0.563. The Morgan fingerprint density at radius 2 is 2.00 bits per heavy atom. The molecule has 1 fully saturated rings. The lowest BCUT2D eigenvalue weighted by Crippen LogP contribution is -2.33. The molecule has 1 aliphatic heterocycles. The molecule has 4 rings (SSSR count). The number of hydrogen-bond acceptors (Lipinski definition) is 4. The smallest absolute Gasteiger partial charge is 0.170 e. The maximum atomic E-state index is 6.05. The van der Waals surface area contributed by atoms with E-state index in [-0.39, 0.29) is 12.1 Å². The Balaban J connectivity index is 1.73. The van der Waals surface area contributed by atoms with Crippen LogP contribution in [0.1, 0.15) is 29.9 Å². The van der Waals surface area contributed by atoms with Gasteiger partial charge in [0.25, 0.3) is 0 Å². The second-order valence-electron chi connectivity index (χ2n) is 7.61. The van der Waals surface area contributed by atoms with Gasteiger partial charge >= 0.3 is 0 Å².